The molecule has 1 saturated heterocycles. The van der Waals surface area contributed by atoms with Crippen molar-refractivity contribution >= 4 is 62.1 Å². The minimum atomic E-state index is -0.484. The van der Waals surface area contributed by atoms with Gasteiger partial charge in [0.15, 0.2) is 0 Å². The molecule has 0 radical (unpaired) electrons. The van der Waals surface area contributed by atoms with E-state index in [1.807, 2.05) is 48.5 Å². The topological polar surface area (TPSA) is 75.7 Å². The molecule has 168 valence electrons. The van der Waals surface area contributed by atoms with Gasteiger partial charge in [0.1, 0.15) is 12.3 Å². The number of hydrogen-bond acceptors (Lipinski definition) is 5. The molecule has 0 atom stereocenters. The van der Waals surface area contributed by atoms with Crippen LogP contribution < -0.4 is 10.1 Å². The molecule has 0 bridgehead atoms. The zero-order valence-corrected chi connectivity index (χ0v) is 19.1. The second-order valence-corrected chi connectivity index (χ2v) is 8.74. The SMILES string of the molecule is COc1ccccc1NC(=O)CN1C(=O)S/C(=C/c2c3ccccc3cc3ccccc23)C1=O. The Labute approximate surface area is 200 Å². The monoisotopic (exact) mass is 468 g/mol. The Morgan fingerprint density at radius 3 is 2.24 bits per heavy atom. The molecular weight excluding hydrogens is 448 g/mol. The summed E-state index contributed by atoms with van der Waals surface area (Å²) in [4.78, 5) is 39.6. The van der Waals surface area contributed by atoms with Crippen LogP contribution in [-0.4, -0.2) is 35.6 Å². The third-order valence-electron chi connectivity index (χ3n) is 5.64. The normalized spacial score (nSPS) is 14.9. The molecule has 6 nitrogen and oxygen atoms in total. The Hall–Kier alpha value is -4.10. The number of benzene rings is 4. The largest absolute Gasteiger partial charge is 0.495 e. The van der Waals surface area contributed by atoms with Gasteiger partial charge in [0.25, 0.3) is 11.1 Å². The number of hydrogen-bond donors (Lipinski definition) is 1. The van der Waals surface area contributed by atoms with Crippen LogP contribution in [0.5, 0.6) is 5.75 Å². The van der Waals surface area contributed by atoms with Crippen molar-refractivity contribution in [2.75, 3.05) is 19.0 Å². The van der Waals surface area contributed by atoms with Gasteiger partial charge >= 0.3 is 0 Å². The molecule has 1 aliphatic rings. The summed E-state index contributed by atoms with van der Waals surface area (Å²) in [5, 5.41) is 6.29. The van der Waals surface area contributed by atoms with Gasteiger partial charge in [0.2, 0.25) is 5.91 Å². The standard InChI is InChI=1S/C27H20N2O4S/c1-33-23-13-7-6-12-22(23)28-25(30)16-29-26(31)24(34-27(29)32)15-21-19-10-4-2-8-17(19)14-18-9-3-5-11-20(18)21/h2-15H,16H2,1H3,(H,28,30)/b24-15+. The molecule has 0 aliphatic carbocycles. The van der Waals surface area contributed by atoms with Gasteiger partial charge in [-0.1, -0.05) is 60.7 Å². The van der Waals surface area contributed by atoms with Gasteiger partial charge in [-0.25, -0.2) is 0 Å². The number of fused-ring (bicyclic) bond motifs is 2. The van der Waals surface area contributed by atoms with Gasteiger partial charge in [0.05, 0.1) is 17.7 Å². The first-order valence-electron chi connectivity index (χ1n) is 10.6. The highest BCUT2D eigenvalue weighted by Crippen LogP contribution is 2.36. The van der Waals surface area contributed by atoms with Crippen LogP contribution >= 0.6 is 11.8 Å². The predicted molar refractivity (Wildman–Crippen MR) is 136 cm³/mol. The molecule has 0 unspecified atom stereocenters. The maximum atomic E-state index is 13.1. The summed E-state index contributed by atoms with van der Waals surface area (Å²) in [6.45, 7) is -0.379. The second kappa shape index (κ2) is 9.03. The van der Waals surface area contributed by atoms with E-state index in [0.717, 1.165) is 43.8 Å². The van der Waals surface area contributed by atoms with Crippen LogP contribution in [0.2, 0.25) is 0 Å². The first kappa shape index (κ1) is 21.7. The Balaban J connectivity index is 1.45. The van der Waals surface area contributed by atoms with Gasteiger partial charge in [0, 0.05) is 0 Å². The fourth-order valence-electron chi connectivity index (χ4n) is 4.05. The predicted octanol–water partition coefficient (Wildman–Crippen LogP) is 5.68. The van der Waals surface area contributed by atoms with E-state index in [-0.39, 0.29) is 11.4 Å². The van der Waals surface area contributed by atoms with Gasteiger partial charge in [-0.15, -0.1) is 0 Å². The van der Waals surface area contributed by atoms with E-state index in [0.29, 0.717) is 11.4 Å². The molecule has 3 amide bonds. The van der Waals surface area contributed by atoms with Crippen LogP contribution in [0.4, 0.5) is 10.5 Å². The van der Waals surface area contributed by atoms with Crippen molar-refractivity contribution in [1.29, 1.82) is 0 Å². The minimum Gasteiger partial charge on any atom is -0.495 e. The molecule has 0 saturated carbocycles. The zero-order chi connectivity index (χ0) is 23.7. The highest BCUT2D eigenvalue weighted by molar-refractivity contribution is 8.18. The van der Waals surface area contributed by atoms with Crippen molar-refractivity contribution in [3.8, 4) is 5.75 Å². The van der Waals surface area contributed by atoms with Crippen molar-refractivity contribution in [3.63, 3.8) is 0 Å². The number of nitrogens with one attached hydrogen (secondary N) is 1. The number of anilines is 1. The van der Waals surface area contributed by atoms with Crippen LogP contribution in [0.3, 0.4) is 0 Å². The van der Waals surface area contributed by atoms with E-state index in [2.05, 4.69) is 11.4 Å². The molecule has 1 heterocycles. The molecule has 7 heteroatoms. The fraction of sp³-hybridized carbons (Fsp3) is 0.0741. The summed E-state index contributed by atoms with van der Waals surface area (Å²) in [7, 11) is 1.50. The average molecular weight is 469 g/mol. The highest BCUT2D eigenvalue weighted by Gasteiger charge is 2.36. The van der Waals surface area contributed by atoms with Crippen LogP contribution in [0.1, 0.15) is 5.56 Å². The number of imide groups is 1. The van der Waals surface area contributed by atoms with E-state index >= 15 is 0 Å². The molecule has 0 aromatic heterocycles. The summed E-state index contributed by atoms with van der Waals surface area (Å²) in [5.41, 5.74) is 1.34. The number of methoxy groups -OCH3 is 1. The third-order valence-corrected chi connectivity index (χ3v) is 6.55. The van der Waals surface area contributed by atoms with Gasteiger partial charge in [-0.3, -0.25) is 19.3 Å². The first-order valence-corrected chi connectivity index (χ1v) is 11.5. The Morgan fingerprint density at radius 1 is 0.941 bits per heavy atom. The molecule has 1 N–H and O–H groups in total. The molecular formula is C27H20N2O4S. The number of carbonyl (C=O) groups is 3. The maximum absolute atomic E-state index is 13.1. The third kappa shape index (κ3) is 4.02. The van der Waals surface area contributed by atoms with E-state index in [1.165, 1.54) is 7.11 Å². The lowest BCUT2D eigenvalue weighted by Crippen LogP contribution is -2.36. The van der Waals surface area contributed by atoms with Crippen LogP contribution in [-0.2, 0) is 9.59 Å². The summed E-state index contributed by atoms with van der Waals surface area (Å²) in [5.74, 6) is -0.474. The molecule has 34 heavy (non-hydrogen) atoms. The number of para-hydroxylation sites is 2. The number of nitrogens with zero attached hydrogens (tertiary/aromatic N) is 1. The van der Waals surface area contributed by atoms with E-state index < -0.39 is 17.1 Å². The number of amides is 3. The van der Waals surface area contributed by atoms with Crippen LogP contribution in [0, 0.1) is 0 Å². The lowest BCUT2D eigenvalue weighted by Gasteiger charge is -2.14. The van der Waals surface area contributed by atoms with E-state index in [4.69, 9.17) is 4.74 Å². The fourth-order valence-corrected chi connectivity index (χ4v) is 4.87. The smallest absolute Gasteiger partial charge is 0.294 e. The maximum Gasteiger partial charge on any atom is 0.294 e. The summed E-state index contributed by atoms with van der Waals surface area (Å²) >= 11 is 0.844. The van der Waals surface area contributed by atoms with E-state index in [1.54, 1.807) is 30.3 Å². The molecule has 4 aromatic carbocycles. The highest BCUT2D eigenvalue weighted by atomic mass is 32.2. The minimum absolute atomic E-state index is 0.289. The van der Waals surface area contributed by atoms with Gasteiger partial charge in [-0.05, 0) is 63.1 Å². The zero-order valence-electron chi connectivity index (χ0n) is 18.3. The van der Waals surface area contributed by atoms with Gasteiger partial charge in [-0.2, -0.15) is 0 Å². The van der Waals surface area contributed by atoms with Crippen molar-refractivity contribution in [2.45, 2.75) is 0 Å². The van der Waals surface area contributed by atoms with Crippen molar-refractivity contribution in [2.24, 2.45) is 0 Å². The van der Waals surface area contributed by atoms with Crippen molar-refractivity contribution < 1.29 is 19.1 Å². The van der Waals surface area contributed by atoms with Gasteiger partial charge < -0.3 is 10.1 Å². The lowest BCUT2D eigenvalue weighted by molar-refractivity contribution is -0.127. The summed E-state index contributed by atoms with van der Waals surface area (Å²) < 4.78 is 5.24. The van der Waals surface area contributed by atoms with Crippen molar-refractivity contribution in [1.82, 2.24) is 4.90 Å². The number of carbonyl (C=O) groups excluding carboxylic acids is 3. The van der Waals surface area contributed by atoms with E-state index in [9.17, 15) is 14.4 Å². The number of thioether (sulfide) groups is 1. The lowest BCUT2D eigenvalue weighted by atomic mass is 9.96. The molecule has 1 aliphatic heterocycles. The summed E-state index contributed by atoms with van der Waals surface area (Å²) in [6, 6.07) is 24.9. The molecule has 5 rings (SSSR count). The first-order chi connectivity index (χ1) is 16.5. The van der Waals surface area contributed by atoms with Crippen molar-refractivity contribution in [3.05, 3.63) is 89.3 Å². The quantitative estimate of drug-likeness (QED) is 0.301. The van der Waals surface area contributed by atoms with Crippen LogP contribution in [0.15, 0.2) is 83.8 Å². The Bertz CT molecular complexity index is 1440. The Morgan fingerprint density at radius 2 is 1.56 bits per heavy atom. The molecule has 4 aromatic rings. The Kier molecular flexibility index (Phi) is 5.77. The molecule has 1 fully saturated rings. The number of rotatable bonds is 5. The molecule has 0 spiro atoms. The number of ether oxygens (including phenoxy) is 1. The average Bonchev–Trinajstić information content (AvgIpc) is 3.11. The van der Waals surface area contributed by atoms with Crippen LogP contribution in [0.25, 0.3) is 27.6 Å². The second-order valence-electron chi connectivity index (χ2n) is 7.75. The summed E-state index contributed by atoms with van der Waals surface area (Å²) in [6.07, 6.45) is 1.76.